The van der Waals surface area contributed by atoms with Crippen LogP contribution in [0.15, 0.2) is 40.8 Å². The van der Waals surface area contributed by atoms with Crippen LogP contribution in [0.2, 0.25) is 0 Å². The fourth-order valence-corrected chi connectivity index (χ4v) is 1.58. The van der Waals surface area contributed by atoms with Gasteiger partial charge in [-0.1, -0.05) is 29.5 Å². The van der Waals surface area contributed by atoms with Crippen molar-refractivity contribution in [3.8, 4) is 0 Å². The Bertz CT molecular complexity index is 336. The van der Waals surface area contributed by atoms with Gasteiger partial charge in [0.1, 0.15) is 0 Å². The third-order valence-corrected chi connectivity index (χ3v) is 2.16. The van der Waals surface area contributed by atoms with E-state index in [0.29, 0.717) is 0 Å². The summed E-state index contributed by atoms with van der Waals surface area (Å²) in [6.45, 7) is 1.99. The molecule has 0 amide bonds. The first-order chi connectivity index (χ1) is 6.18. The topological polar surface area (TPSA) is 43.1 Å². The highest BCUT2D eigenvalue weighted by atomic mass is 32.2. The highest BCUT2D eigenvalue weighted by molar-refractivity contribution is 8.02. The lowest BCUT2D eigenvalue weighted by atomic mass is 10.2. The van der Waals surface area contributed by atoms with Gasteiger partial charge in [0.25, 0.3) is 0 Å². The van der Waals surface area contributed by atoms with Crippen molar-refractivity contribution < 1.29 is 4.92 Å². The zero-order valence-electron chi connectivity index (χ0n) is 7.14. The number of nitro groups is 1. The third-order valence-electron chi connectivity index (χ3n) is 1.38. The van der Waals surface area contributed by atoms with Crippen LogP contribution in [-0.2, 0) is 0 Å². The molecule has 1 rings (SSSR count). The molecule has 0 fully saturated rings. The summed E-state index contributed by atoms with van der Waals surface area (Å²) in [6, 6.07) is 7.82. The average molecular weight is 195 g/mol. The SMILES string of the molecule is Cc1cccc(SC=C[N+](=O)[O-])c1. The lowest BCUT2D eigenvalue weighted by Crippen LogP contribution is -1.80. The number of nitrogens with zero attached hydrogens (tertiary/aromatic N) is 1. The minimum Gasteiger partial charge on any atom is -0.259 e. The lowest BCUT2D eigenvalue weighted by Gasteiger charge is -1.95. The summed E-state index contributed by atoms with van der Waals surface area (Å²) in [7, 11) is 0. The second-order valence-electron chi connectivity index (χ2n) is 2.50. The monoisotopic (exact) mass is 195 g/mol. The molecule has 3 nitrogen and oxygen atoms in total. The summed E-state index contributed by atoms with van der Waals surface area (Å²) in [6.07, 6.45) is 0.938. The Hall–Kier alpha value is -1.29. The van der Waals surface area contributed by atoms with Crippen LogP contribution in [0.1, 0.15) is 5.56 Å². The lowest BCUT2D eigenvalue weighted by molar-refractivity contribution is -0.402. The zero-order valence-corrected chi connectivity index (χ0v) is 7.95. The van der Waals surface area contributed by atoms with Crippen LogP contribution in [0.25, 0.3) is 0 Å². The molecule has 4 heteroatoms. The van der Waals surface area contributed by atoms with E-state index in [9.17, 15) is 10.1 Å². The largest absolute Gasteiger partial charge is 0.259 e. The molecule has 1 aromatic carbocycles. The fourth-order valence-electron chi connectivity index (χ4n) is 0.847. The van der Waals surface area contributed by atoms with Gasteiger partial charge in [-0.3, -0.25) is 10.1 Å². The van der Waals surface area contributed by atoms with Crippen molar-refractivity contribution in [2.45, 2.75) is 11.8 Å². The first-order valence-electron chi connectivity index (χ1n) is 3.72. The van der Waals surface area contributed by atoms with Gasteiger partial charge in [-0.25, -0.2) is 0 Å². The van der Waals surface area contributed by atoms with E-state index in [4.69, 9.17) is 0 Å². The molecule has 0 radical (unpaired) electrons. The number of aryl methyl sites for hydroxylation is 1. The highest BCUT2D eigenvalue weighted by Crippen LogP contribution is 2.19. The maximum absolute atomic E-state index is 9.96. The number of rotatable bonds is 3. The molecule has 0 spiro atoms. The van der Waals surface area contributed by atoms with Crippen LogP contribution < -0.4 is 0 Å². The molecule has 13 heavy (non-hydrogen) atoms. The van der Waals surface area contributed by atoms with Gasteiger partial charge in [0.05, 0.1) is 4.92 Å². The number of benzene rings is 1. The second-order valence-corrected chi connectivity index (χ2v) is 3.48. The molecule has 68 valence electrons. The molecule has 0 aliphatic carbocycles. The van der Waals surface area contributed by atoms with Gasteiger partial charge in [-0.05, 0) is 19.1 Å². The maximum atomic E-state index is 9.96. The Morgan fingerprint density at radius 2 is 2.31 bits per heavy atom. The smallest absolute Gasteiger partial charge is 0.241 e. The van der Waals surface area contributed by atoms with Gasteiger partial charge in [-0.15, -0.1) is 0 Å². The Morgan fingerprint density at radius 1 is 1.54 bits per heavy atom. The van der Waals surface area contributed by atoms with E-state index < -0.39 is 4.92 Å². The Kier molecular flexibility index (Phi) is 3.52. The zero-order chi connectivity index (χ0) is 9.68. The van der Waals surface area contributed by atoms with Gasteiger partial charge < -0.3 is 0 Å². The van der Waals surface area contributed by atoms with Gasteiger partial charge >= 0.3 is 0 Å². The van der Waals surface area contributed by atoms with Gasteiger partial charge in [0.2, 0.25) is 6.20 Å². The van der Waals surface area contributed by atoms with Crippen LogP contribution >= 0.6 is 11.8 Å². The molecule has 0 aliphatic rings. The summed E-state index contributed by atoms with van der Waals surface area (Å²) in [4.78, 5) is 10.5. The van der Waals surface area contributed by atoms with Crippen LogP contribution in [0, 0.1) is 17.0 Å². The van der Waals surface area contributed by atoms with Crippen molar-refractivity contribution in [1.29, 1.82) is 0 Å². The summed E-state index contributed by atoms with van der Waals surface area (Å²) in [5, 5.41) is 11.4. The standard InChI is InChI=1S/C9H9NO2S/c1-8-3-2-4-9(7-8)13-6-5-10(11)12/h2-7H,1H3. The molecule has 0 aliphatic heterocycles. The van der Waals surface area contributed by atoms with E-state index in [0.717, 1.165) is 16.7 Å². The molecular formula is C9H9NO2S. The molecule has 0 bridgehead atoms. The van der Waals surface area contributed by atoms with Crippen LogP contribution in [-0.4, -0.2) is 4.92 Å². The van der Waals surface area contributed by atoms with E-state index in [1.54, 1.807) is 0 Å². The molecule has 0 unspecified atom stereocenters. The van der Waals surface area contributed by atoms with Crippen molar-refractivity contribution in [3.05, 3.63) is 51.6 Å². The average Bonchev–Trinajstić information content (AvgIpc) is 2.03. The second kappa shape index (κ2) is 4.67. The van der Waals surface area contributed by atoms with Crippen molar-refractivity contribution in [1.82, 2.24) is 0 Å². The summed E-state index contributed by atoms with van der Waals surface area (Å²) < 4.78 is 0. The molecule has 0 N–H and O–H groups in total. The van der Waals surface area contributed by atoms with Gasteiger partial charge in [0.15, 0.2) is 0 Å². The number of hydrogen-bond acceptors (Lipinski definition) is 3. The third kappa shape index (κ3) is 3.75. The van der Waals surface area contributed by atoms with E-state index in [2.05, 4.69) is 0 Å². The first-order valence-corrected chi connectivity index (χ1v) is 4.60. The van der Waals surface area contributed by atoms with Crippen molar-refractivity contribution in [2.75, 3.05) is 0 Å². The maximum Gasteiger partial charge on any atom is 0.241 e. The predicted octanol–water partition coefficient (Wildman–Crippen LogP) is 2.84. The highest BCUT2D eigenvalue weighted by Gasteiger charge is 1.91. The minimum absolute atomic E-state index is 0.469. The molecule has 0 aromatic heterocycles. The summed E-state index contributed by atoms with van der Waals surface area (Å²) >= 11 is 1.34. The van der Waals surface area contributed by atoms with E-state index in [-0.39, 0.29) is 0 Å². The van der Waals surface area contributed by atoms with Crippen LogP contribution in [0.3, 0.4) is 0 Å². The van der Waals surface area contributed by atoms with E-state index in [1.165, 1.54) is 17.2 Å². The predicted molar refractivity (Wildman–Crippen MR) is 53.2 cm³/mol. The quantitative estimate of drug-likeness (QED) is 0.423. The number of hydrogen-bond donors (Lipinski definition) is 0. The van der Waals surface area contributed by atoms with Crippen LogP contribution in [0.4, 0.5) is 0 Å². The normalized spacial score (nSPS) is 10.5. The summed E-state index contributed by atoms with van der Waals surface area (Å²) in [5.41, 5.74) is 1.15. The van der Waals surface area contributed by atoms with E-state index in [1.807, 2.05) is 31.2 Å². The van der Waals surface area contributed by atoms with Gasteiger partial charge in [-0.2, -0.15) is 0 Å². The molecule has 0 atom stereocenters. The number of thioether (sulfide) groups is 1. The minimum atomic E-state index is -0.469. The Morgan fingerprint density at radius 3 is 2.92 bits per heavy atom. The fraction of sp³-hybridized carbons (Fsp3) is 0.111. The molecule has 1 aromatic rings. The molecule has 0 heterocycles. The summed E-state index contributed by atoms with van der Waals surface area (Å²) in [5.74, 6) is 0. The van der Waals surface area contributed by atoms with Crippen molar-refractivity contribution in [3.63, 3.8) is 0 Å². The Labute approximate surface area is 80.6 Å². The van der Waals surface area contributed by atoms with Gasteiger partial charge in [0, 0.05) is 10.3 Å². The Balaban J connectivity index is 2.59. The molecule has 0 saturated carbocycles. The first kappa shape index (κ1) is 9.80. The molecular weight excluding hydrogens is 186 g/mol. The van der Waals surface area contributed by atoms with Crippen molar-refractivity contribution in [2.24, 2.45) is 0 Å². The molecule has 0 saturated heterocycles. The van der Waals surface area contributed by atoms with Crippen LogP contribution in [0.5, 0.6) is 0 Å². The van der Waals surface area contributed by atoms with Crippen molar-refractivity contribution >= 4 is 11.8 Å². The van der Waals surface area contributed by atoms with E-state index >= 15 is 0 Å².